The molecule has 0 fully saturated rings. The molecular weight excluding hydrogens is 211 g/mol. The summed E-state index contributed by atoms with van der Waals surface area (Å²) < 4.78 is 4.93. The van der Waals surface area contributed by atoms with E-state index in [0.29, 0.717) is 5.17 Å². The fourth-order valence-electron chi connectivity index (χ4n) is 1.02. The highest BCUT2D eigenvalue weighted by Gasteiger charge is 2.13. The Morgan fingerprint density at radius 3 is 3.08 bits per heavy atom. The van der Waals surface area contributed by atoms with Gasteiger partial charge in [0.05, 0.1) is 0 Å². The molecule has 0 aromatic carbocycles. The quantitative estimate of drug-likeness (QED) is 0.413. The molecule has 1 heterocycles. The lowest BCUT2D eigenvalue weighted by molar-refractivity contribution is 0.181. The van der Waals surface area contributed by atoms with Gasteiger partial charge in [-0.1, -0.05) is 23.2 Å². The number of aliphatic imine (C=N–C) groups is 1. The van der Waals surface area contributed by atoms with Crippen LogP contribution in [-0.2, 0) is 4.74 Å². The first-order valence-corrected chi connectivity index (χ1v) is 4.85. The summed E-state index contributed by atoms with van der Waals surface area (Å²) in [5.74, 6) is 0. The van der Waals surface area contributed by atoms with Crippen molar-refractivity contribution >= 4 is 28.4 Å². The lowest BCUT2D eigenvalue weighted by Gasteiger charge is -2.25. The van der Waals surface area contributed by atoms with Crippen molar-refractivity contribution < 1.29 is 4.74 Å². The minimum Gasteiger partial charge on any atom is -0.385 e. The zero-order valence-corrected chi connectivity index (χ0v) is 8.92. The van der Waals surface area contributed by atoms with Crippen LogP contribution in [0.2, 0.25) is 0 Å². The first kappa shape index (κ1) is 10.8. The number of ether oxygens (including phenoxy) is 1. The number of allylic oxidation sites excluding steroid dienone is 1. The maximum Gasteiger partial charge on any atom is 0.199 e. The van der Waals surface area contributed by atoms with Gasteiger partial charge in [0, 0.05) is 26.5 Å². The molecule has 1 aliphatic rings. The van der Waals surface area contributed by atoms with Gasteiger partial charge in [0.2, 0.25) is 0 Å². The van der Waals surface area contributed by atoms with Gasteiger partial charge in [-0.2, -0.15) is 0 Å². The van der Waals surface area contributed by atoms with Crippen LogP contribution >= 0.6 is 23.2 Å². The average Bonchev–Trinajstić information content (AvgIpc) is 2.09. The van der Waals surface area contributed by atoms with Crippen molar-refractivity contribution in [3.8, 4) is 0 Å². The van der Waals surface area contributed by atoms with E-state index in [-0.39, 0.29) is 5.62 Å². The predicted molar refractivity (Wildman–Crippen MR) is 55.3 cm³/mol. The van der Waals surface area contributed by atoms with Crippen molar-refractivity contribution in [2.24, 2.45) is 4.99 Å². The first-order chi connectivity index (χ1) is 6.24. The van der Waals surface area contributed by atoms with Crippen LogP contribution in [0.4, 0.5) is 0 Å². The Balaban J connectivity index is 2.32. The number of rotatable bonds is 4. The van der Waals surface area contributed by atoms with Crippen LogP contribution in [0.3, 0.4) is 0 Å². The third kappa shape index (κ3) is 3.55. The molecule has 3 nitrogen and oxygen atoms in total. The van der Waals surface area contributed by atoms with Crippen molar-refractivity contribution in [2.75, 3.05) is 20.3 Å². The van der Waals surface area contributed by atoms with Crippen LogP contribution in [0.15, 0.2) is 17.3 Å². The highest BCUT2D eigenvalue weighted by Crippen LogP contribution is 2.14. The van der Waals surface area contributed by atoms with Crippen molar-refractivity contribution in [3.63, 3.8) is 0 Å². The van der Waals surface area contributed by atoms with Gasteiger partial charge in [-0.15, -0.1) is 0 Å². The van der Waals surface area contributed by atoms with Crippen LogP contribution in [0.5, 0.6) is 0 Å². The second-order valence-corrected chi connectivity index (χ2v) is 3.44. The molecule has 0 radical (unpaired) electrons. The summed E-state index contributed by atoms with van der Waals surface area (Å²) in [6.07, 6.45) is 4.51. The van der Waals surface area contributed by atoms with Crippen LogP contribution in [0.25, 0.3) is 0 Å². The molecule has 13 heavy (non-hydrogen) atoms. The van der Waals surface area contributed by atoms with E-state index in [1.807, 2.05) is 11.1 Å². The normalized spacial score (nSPS) is 21.9. The monoisotopic (exact) mass is 222 g/mol. The fraction of sp³-hybridized carbons (Fsp3) is 0.625. The molecule has 1 atom stereocenters. The van der Waals surface area contributed by atoms with Gasteiger partial charge in [0.25, 0.3) is 0 Å². The van der Waals surface area contributed by atoms with E-state index in [2.05, 4.69) is 4.99 Å². The van der Waals surface area contributed by atoms with Crippen molar-refractivity contribution in [1.29, 1.82) is 0 Å². The summed E-state index contributed by atoms with van der Waals surface area (Å²) in [6.45, 7) is 1.55. The lowest BCUT2D eigenvalue weighted by Crippen LogP contribution is -2.29. The molecule has 0 amide bonds. The Hall–Kier alpha value is -0.250. The first-order valence-electron chi connectivity index (χ1n) is 4.04. The van der Waals surface area contributed by atoms with E-state index >= 15 is 0 Å². The Morgan fingerprint density at radius 1 is 1.69 bits per heavy atom. The third-order valence-corrected chi connectivity index (χ3v) is 2.24. The molecule has 74 valence electrons. The van der Waals surface area contributed by atoms with Gasteiger partial charge in [-0.25, -0.2) is 4.99 Å². The fourth-order valence-corrected chi connectivity index (χ4v) is 1.49. The molecule has 5 heteroatoms. The number of hydrogen-bond donors (Lipinski definition) is 0. The van der Waals surface area contributed by atoms with Gasteiger partial charge in [0.1, 0.15) is 5.17 Å². The number of alkyl halides is 1. The number of halogens is 2. The van der Waals surface area contributed by atoms with Crippen molar-refractivity contribution in [1.82, 2.24) is 4.90 Å². The molecule has 0 aromatic rings. The van der Waals surface area contributed by atoms with Crippen molar-refractivity contribution in [2.45, 2.75) is 12.0 Å². The van der Waals surface area contributed by atoms with E-state index in [0.717, 1.165) is 19.6 Å². The molecule has 0 saturated carbocycles. The van der Waals surface area contributed by atoms with Gasteiger partial charge in [-0.3, -0.25) is 0 Å². The van der Waals surface area contributed by atoms with Crippen LogP contribution in [-0.4, -0.2) is 36.0 Å². The van der Waals surface area contributed by atoms with E-state index in [4.69, 9.17) is 27.9 Å². The SMILES string of the molecule is COCCCN1C=CC(Cl)=NC1Cl. The predicted octanol–water partition coefficient (Wildman–Crippen LogP) is 2.01. The molecule has 0 bridgehead atoms. The minimum absolute atomic E-state index is 0.380. The standard InChI is InChI=1S/C8H12Cl2N2O/c1-13-6-2-4-12-5-3-7(9)11-8(12)10/h3,5,8H,2,4,6H2,1H3. The number of nitrogens with zero attached hydrogens (tertiary/aromatic N) is 2. The molecule has 1 aliphatic heterocycles. The van der Waals surface area contributed by atoms with E-state index in [9.17, 15) is 0 Å². The maximum atomic E-state index is 5.92. The molecular formula is C8H12Cl2N2O. The number of hydrogen-bond acceptors (Lipinski definition) is 3. The van der Waals surface area contributed by atoms with Gasteiger partial charge < -0.3 is 9.64 Å². The summed E-state index contributed by atoms with van der Waals surface area (Å²) in [5.41, 5.74) is -0.380. The lowest BCUT2D eigenvalue weighted by atomic mass is 10.4. The van der Waals surface area contributed by atoms with E-state index in [1.54, 1.807) is 13.2 Å². The smallest absolute Gasteiger partial charge is 0.199 e. The van der Waals surface area contributed by atoms with Gasteiger partial charge >= 0.3 is 0 Å². The van der Waals surface area contributed by atoms with E-state index < -0.39 is 0 Å². The highest BCUT2D eigenvalue weighted by molar-refractivity contribution is 6.68. The summed E-state index contributed by atoms with van der Waals surface area (Å²) in [7, 11) is 1.68. The van der Waals surface area contributed by atoms with E-state index in [1.165, 1.54) is 0 Å². The average molecular weight is 223 g/mol. The summed E-state index contributed by atoms with van der Waals surface area (Å²) >= 11 is 11.6. The maximum absolute atomic E-state index is 5.92. The molecule has 0 N–H and O–H groups in total. The Labute approximate surface area is 88.0 Å². The molecule has 1 unspecified atom stereocenters. The largest absolute Gasteiger partial charge is 0.385 e. The van der Waals surface area contributed by atoms with Crippen LogP contribution < -0.4 is 0 Å². The molecule has 0 saturated heterocycles. The Morgan fingerprint density at radius 2 is 2.46 bits per heavy atom. The number of methoxy groups -OCH3 is 1. The molecule has 0 spiro atoms. The van der Waals surface area contributed by atoms with Crippen molar-refractivity contribution in [3.05, 3.63) is 12.3 Å². The van der Waals surface area contributed by atoms with Gasteiger partial charge in [0.15, 0.2) is 5.62 Å². The second-order valence-electron chi connectivity index (χ2n) is 2.66. The summed E-state index contributed by atoms with van der Waals surface area (Å²) in [5, 5.41) is 0.447. The van der Waals surface area contributed by atoms with Crippen LogP contribution in [0, 0.1) is 0 Å². The zero-order valence-electron chi connectivity index (χ0n) is 7.41. The van der Waals surface area contributed by atoms with Crippen LogP contribution in [0.1, 0.15) is 6.42 Å². The molecule has 1 rings (SSSR count). The second kappa shape index (κ2) is 5.47. The minimum atomic E-state index is -0.380. The highest BCUT2D eigenvalue weighted by atomic mass is 35.5. The zero-order chi connectivity index (χ0) is 9.68. The summed E-state index contributed by atoms with van der Waals surface area (Å²) in [6, 6.07) is 0. The topological polar surface area (TPSA) is 24.8 Å². The summed E-state index contributed by atoms with van der Waals surface area (Å²) in [4.78, 5) is 5.90. The third-order valence-electron chi connectivity index (χ3n) is 1.67. The molecule has 0 aliphatic carbocycles. The van der Waals surface area contributed by atoms with Gasteiger partial charge in [-0.05, 0) is 12.5 Å². The Kier molecular flexibility index (Phi) is 4.56. The Bertz CT molecular complexity index is 218. The molecule has 0 aromatic heterocycles.